The van der Waals surface area contributed by atoms with Crippen molar-refractivity contribution >= 4 is 17.7 Å². The van der Waals surface area contributed by atoms with Crippen molar-refractivity contribution in [3.63, 3.8) is 0 Å². The largest absolute Gasteiger partial charge is 0.508 e. The maximum atomic E-state index is 12.8. The van der Waals surface area contributed by atoms with E-state index in [1.807, 2.05) is 0 Å². The third kappa shape index (κ3) is 3.92. The summed E-state index contributed by atoms with van der Waals surface area (Å²) >= 11 is 0. The summed E-state index contributed by atoms with van der Waals surface area (Å²) in [6.45, 7) is 2.56. The number of phenols is 2. The minimum atomic E-state index is -2.03. The van der Waals surface area contributed by atoms with E-state index < -0.39 is 35.2 Å². The third-order valence-corrected chi connectivity index (χ3v) is 5.00. The fourth-order valence-electron chi connectivity index (χ4n) is 3.40. The van der Waals surface area contributed by atoms with Crippen molar-refractivity contribution in [1.29, 1.82) is 0 Å². The van der Waals surface area contributed by atoms with Gasteiger partial charge in [-0.15, -0.1) is 0 Å². The Morgan fingerprint density at radius 1 is 1.30 bits per heavy atom. The number of carboxylic acid groups (broad SMARTS) is 1. The molecule has 0 fully saturated rings. The SMILES string of the molecule is Cc1cc(O)cc(O)c1C(=O)O[C@@H]1CC2=C(COC(/C=C/C(=O)O)=C2)C(=O)[C@]1(C)O. The number of phenolic OH excluding ortho intramolecular Hbond substituents is 2. The van der Waals surface area contributed by atoms with E-state index >= 15 is 0 Å². The number of carbonyl (C=O) groups excluding carboxylic acids is 2. The van der Waals surface area contributed by atoms with Gasteiger partial charge in [0.05, 0.1) is 0 Å². The number of aliphatic hydroxyl groups is 1. The fraction of sp³-hybridized carbons (Fsp3) is 0.286. The molecule has 9 nitrogen and oxygen atoms in total. The first-order valence-corrected chi connectivity index (χ1v) is 8.99. The summed E-state index contributed by atoms with van der Waals surface area (Å²) < 4.78 is 10.7. The van der Waals surface area contributed by atoms with Gasteiger partial charge < -0.3 is 29.9 Å². The first-order chi connectivity index (χ1) is 14.0. The Hall–Kier alpha value is -3.59. The number of ketones is 1. The highest BCUT2D eigenvalue weighted by Gasteiger charge is 2.48. The normalized spacial score (nSPS) is 23.6. The lowest BCUT2D eigenvalue weighted by atomic mass is 9.77. The first kappa shape index (κ1) is 21.1. The summed E-state index contributed by atoms with van der Waals surface area (Å²) in [5, 5.41) is 39.0. The minimum absolute atomic E-state index is 0.0223. The van der Waals surface area contributed by atoms with Crippen LogP contribution >= 0.6 is 0 Å². The lowest BCUT2D eigenvalue weighted by Crippen LogP contribution is -2.53. The molecule has 0 radical (unpaired) electrons. The molecule has 0 saturated carbocycles. The lowest BCUT2D eigenvalue weighted by molar-refractivity contribution is -0.146. The molecule has 9 heteroatoms. The molecule has 158 valence electrons. The number of allylic oxidation sites excluding steroid dienone is 2. The van der Waals surface area contributed by atoms with Gasteiger partial charge in [0.25, 0.3) is 0 Å². The Bertz CT molecular complexity index is 1000. The highest BCUT2D eigenvalue weighted by atomic mass is 16.6. The van der Waals surface area contributed by atoms with Gasteiger partial charge in [0.1, 0.15) is 35.5 Å². The van der Waals surface area contributed by atoms with Crippen LogP contribution < -0.4 is 0 Å². The number of Topliss-reactive ketones (excluding diaryl/α,β-unsaturated/α-hetero) is 1. The summed E-state index contributed by atoms with van der Waals surface area (Å²) in [4.78, 5) is 36.1. The molecule has 2 aliphatic rings. The van der Waals surface area contributed by atoms with Crippen LogP contribution in [0.25, 0.3) is 0 Å². The van der Waals surface area contributed by atoms with Crippen LogP contribution in [-0.4, -0.2) is 56.5 Å². The van der Waals surface area contributed by atoms with Crippen LogP contribution in [0, 0.1) is 6.92 Å². The number of carbonyl (C=O) groups is 3. The number of carboxylic acids is 1. The van der Waals surface area contributed by atoms with E-state index in [0.29, 0.717) is 5.57 Å². The Labute approximate surface area is 171 Å². The molecule has 0 spiro atoms. The van der Waals surface area contributed by atoms with Crippen molar-refractivity contribution in [2.75, 3.05) is 6.61 Å². The summed E-state index contributed by atoms with van der Waals surface area (Å²) in [5.41, 5.74) is -1.30. The van der Waals surface area contributed by atoms with E-state index in [1.54, 1.807) is 0 Å². The van der Waals surface area contributed by atoms with Crippen LogP contribution in [-0.2, 0) is 19.1 Å². The van der Waals surface area contributed by atoms with E-state index in [2.05, 4.69) is 0 Å². The molecule has 0 aromatic heterocycles. The van der Waals surface area contributed by atoms with Crippen LogP contribution in [0.15, 0.2) is 47.3 Å². The second-order valence-electron chi connectivity index (χ2n) is 7.24. The van der Waals surface area contributed by atoms with Gasteiger partial charge in [-0.1, -0.05) is 0 Å². The zero-order valence-corrected chi connectivity index (χ0v) is 16.2. The molecule has 1 aliphatic carbocycles. The maximum Gasteiger partial charge on any atom is 0.342 e. The van der Waals surface area contributed by atoms with Crippen LogP contribution in [0.2, 0.25) is 0 Å². The maximum absolute atomic E-state index is 12.8. The summed E-state index contributed by atoms with van der Waals surface area (Å²) in [5.74, 6) is -3.32. The monoisotopic (exact) mass is 416 g/mol. The van der Waals surface area contributed by atoms with Gasteiger partial charge >= 0.3 is 11.9 Å². The summed E-state index contributed by atoms with van der Waals surface area (Å²) in [7, 11) is 0. The second-order valence-corrected chi connectivity index (χ2v) is 7.24. The fourth-order valence-corrected chi connectivity index (χ4v) is 3.40. The third-order valence-electron chi connectivity index (χ3n) is 5.00. The van der Waals surface area contributed by atoms with Gasteiger partial charge in [0, 0.05) is 24.1 Å². The number of hydrogen-bond donors (Lipinski definition) is 4. The van der Waals surface area contributed by atoms with Gasteiger partial charge in [-0.25, -0.2) is 9.59 Å². The molecule has 1 aliphatic heterocycles. The van der Waals surface area contributed by atoms with Crippen molar-refractivity contribution in [2.24, 2.45) is 0 Å². The van der Waals surface area contributed by atoms with Gasteiger partial charge in [-0.3, -0.25) is 4.79 Å². The lowest BCUT2D eigenvalue weighted by Gasteiger charge is -2.38. The van der Waals surface area contributed by atoms with Crippen molar-refractivity contribution in [1.82, 2.24) is 0 Å². The Kier molecular flexibility index (Phi) is 5.41. The second kappa shape index (κ2) is 7.68. The predicted molar refractivity (Wildman–Crippen MR) is 102 cm³/mol. The van der Waals surface area contributed by atoms with Crippen molar-refractivity contribution in [3.05, 3.63) is 58.4 Å². The zero-order valence-electron chi connectivity index (χ0n) is 16.2. The first-order valence-electron chi connectivity index (χ1n) is 8.99. The molecular formula is C21H20O9. The molecule has 0 saturated heterocycles. The standard InChI is InChI=1S/C21H20O9/c1-10-5-12(22)8-15(23)18(10)20(27)30-16-7-11-6-13(3-4-17(24)25)29-9-14(11)19(26)21(16,2)28/h3-6,8,16,22-23,28H,7,9H2,1-2H3,(H,24,25)/b4-3+/t16-,21-/m1/s1. The highest BCUT2D eigenvalue weighted by molar-refractivity contribution is 6.05. The average Bonchev–Trinajstić information content (AvgIpc) is 2.63. The highest BCUT2D eigenvalue weighted by Crippen LogP contribution is 2.37. The molecule has 3 rings (SSSR count). The average molecular weight is 416 g/mol. The molecule has 0 unspecified atom stereocenters. The molecule has 0 bridgehead atoms. The smallest absolute Gasteiger partial charge is 0.342 e. The predicted octanol–water partition coefficient (Wildman–Crippen LogP) is 1.51. The number of benzene rings is 1. The zero-order chi connectivity index (χ0) is 22.2. The van der Waals surface area contributed by atoms with Gasteiger partial charge in [-0.2, -0.15) is 0 Å². The minimum Gasteiger partial charge on any atom is -0.508 e. The van der Waals surface area contributed by atoms with E-state index in [0.717, 1.165) is 12.1 Å². The molecule has 2 atom stereocenters. The number of aromatic hydroxyl groups is 2. The van der Waals surface area contributed by atoms with Gasteiger partial charge in [0.2, 0.25) is 0 Å². The Morgan fingerprint density at radius 2 is 2.00 bits per heavy atom. The number of aliphatic carboxylic acids is 1. The summed E-state index contributed by atoms with van der Waals surface area (Å²) in [6, 6.07) is 2.25. The van der Waals surface area contributed by atoms with E-state index in [1.165, 1.54) is 32.1 Å². The molecule has 30 heavy (non-hydrogen) atoms. The Morgan fingerprint density at radius 3 is 2.63 bits per heavy atom. The Balaban J connectivity index is 1.90. The van der Waals surface area contributed by atoms with Crippen LogP contribution in [0.1, 0.15) is 29.3 Å². The van der Waals surface area contributed by atoms with Gasteiger partial charge in [-0.05, 0) is 43.2 Å². The molecule has 4 N–H and O–H groups in total. The molecular weight excluding hydrogens is 396 g/mol. The number of ether oxygens (including phenoxy) is 2. The van der Waals surface area contributed by atoms with Crippen molar-refractivity contribution in [2.45, 2.75) is 32.0 Å². The van der Waals surface area contributed by atoms with E-state index in [4.69, 9.17) is 14.6 Å². The number of rotatable bonds is 4. The summed E-state index contributed by atoms with van der Waals surface area (Å²) in [6.07, 6.45) is 2.28. The number of aryl methyl sites for hydroxylation is 1. The molecule has 0 amide bonds. The van der Waals surface area contributed by atoms with Crippen molar-refractivity contribution < 1.29 is 44.3 Å². The van der Waals surface area contributed by atoms with Crippen molar-refractivity contribution in [3.8, 4) is 11.5 Å². The molecule has 1 aromatic carbocycles. The number of hydrogen-bond acceptors (Lipinski definition) is 8. The van der Waals surface area contributed by atoms with E-state index in [9.17, 15) is 29.7 Å². The van der Waals surface area contributed by atoms with Crippen LogP contribution in [0.3, 0.4) is 0 Å². The quantitative estimate of drug-likeness (QED) is 0.423. The van der Waals surface area contributed by atoms with Gasteiger partial charge in [0.15, 0.2) is 11.4 Å². The van der Waals surface area contributed by atoms with E-state index in [-0.39, 0.29) is 41.2 Å². The topological polar surface area (TPSA) is 151 Å². The van der Waals surface area contributed by atoms with Crippen LogP contribution in [0.5, 0.6) is 11.5 Å². The van der Waals surface area contributed by atoms with Crippen LogP contribution in [0.4, 0.5) is 0 Å². The molecule has 1 aromatic rings. The molecule has 1 heterocycles. The number of esters is 1.